The molecule has 0 spiro atoms. The second-order valence-electron chi connectivity index (χ2n) is 5.39. The van der Waals surface area contributed by atoms with E-state index in [1.165, 1.54) is 18.2 Å². The fraction of sp³-hybridized carbons (Fsp3) is 0.467. The number of carbonyl (C=O) groups excluding carboxylic acids is 2. The van der Waals surface area contributed by atoms with Crippen LogP contribution in [0.2, 0.25) is 5.02 Å². The maximum absolute atomic E-state index is 13.1. The van der Waals surface area contributed by atoms with Crippen molar-refractivity contribution in [2.75, 3.05) is 25.5 Å². The summed E-state index contributed by atoms with van der Waals surface area (Å²) >= 11 is 5.67. The van der Waals surface area contributed by atoms with Crippen molar-refractivity contribution in [3.63, 3.8) is 0 Å². The molecule has 0 saturated carbocycles. The molecule has 7 heteroatoms. The van der Waals surface area contributed by atoms with Gasteiger partial charge in [-0.15, -0.1) is 0 Å². The van der Waals surface area contributed by atoms with Crippen molar-refractivity contribution in [3.05, 3.63) is 29.0 Å². The summed E-state index contributed by atoms with van der Waals surface area (Å²) in [6, 6.07) is 3.69. The largest absolute Gasteiger partial charge is 0.355 e. The predicted molar refractivity (Wildman–Crippen MR) is 83.3 cm³/mol. The van der Waals surface area contributed by atoms with Crippen LogP contribution in [-0.4, -0.2) is 42.9 Å². The van der Waals surface area contributed by atoms with Crippen LogP contribution >= 0.6 is 11.6 Å². The van der Waals surface area contributed by atoms with E-state index in [2.05, 4.69) is 10.6 Å². The molecule has 120 valence electrons. The molecule has 1 heterocycles. The van der Waals surface area contributed by atoms with Crippen LogP contribution in [0.1, 0.15) is 19.3 Å². The van der Waals surface area contributed by atoms with E-state index in [4.69, 9.17) is 11.6 Å². The van der Waals surface area contributed by atoms with E-state index in [1.54, 1.807) is 11.9 Å². The van der Waals surface area contributed by atoms with Gasteiger partial charge in [0.25, 0.3) is 0 Å². The number of anilines is 1. The van der Waals surface area contributed by atoms with Crippen molar-refractivity contribution in [3.8, 4) is 0 Å². The molecule has 2 rings (SSSR count). The van der Waals surface area contributed by atoms with Crippen molar-refractivity contribution < 1.29 is 14.0 Å². The van der Waals surface area contributed by atoms with Crippen molar-refractivity contribution in [2.24, 2.45) is 0 Å². The molecule has 1 aliphatic heterocycles. The van der Waals surface area contributed by atoms with Crippen LogP contribution in [0, 0.1) is 5.82 Å². The Hall–Kier alpha value is -1.66. The normalized spacial score (nSPS) is 18.7. The molecular formula is C15H19ClFN3O2. The molecule has 1 atom stereocenters. The maximum Gasteiger partial charge on any atom is 0.238 e. The summed E-state index contributed by atoms with van der Waals surface area (Å²) in [7, 11) is 1.74. The molecule has 0 bridgehead atoms. The summed E-state index contributed by atoms with van der Waals surface area (Å²) in [5.74, 6) is -0.855. The minimum atomic E-state index is -0.535. The van der Waals surface area contributed by atoms with Gasteiger partial charge in [-0.3, -0.25) is 14.5 Å². The van der Waals surface area contributed by atoms with Gasteiger partial charge in [0, 0.05) is 12.2 Å². The first-order valence-corrected chi connectivity index (χ1v) is 7.58. The third kappa shape index (κ3) is 4.42. The Bertz CT molecular complexity index is 568. The Morgan fingerprint density at radius 2 is 2.27 bits per heavy atom. The third-order valence-corrected chi connectivity index (χ3v) is 3.92. The van der Waals surface area contributed by atoms with Gasteiger partial charge in [0.15, 0.2) is 0 Å². The van der Waals surface area contributed by atoms with E-state index in [1.807, 2.05) is 0 Å². The summed E-state index contributed by atoms with van der Waals surface area (Å²) in [5, 5.41) is 5.44. The average molecular weight is 328 g/mol. The van der Waals surface area contributed by atoms with Gasteiger partial charge in [-0.25, -0.2) is 4.39 Å². The van der Waals surface area contributed by atoms with Crippen molar-refractivity contribution in [2.45, 2.75) is 25.3 Å². The van der Waals surface area contributed by atoms with Gasteiger partial charge in [-0.1, -0.05) is 11.6 Å². The number of hydrogen-bond acceptors (Lipinski definition) is 3. The van der Waals surface area contributed by atoms with Gasteiger partial charge >= 0.3 is 0 Å². The number of amides is 2. The molecule has 0 radical (unpaired) electrons. The lowest BCUT2D eigenvalue weighted by Gasteiger charge is -2.24. The molecule has 1 saturated heterocycles. The minimum absolute atomic E-state index is 0.0439. The van der Waals surface area contributed by atoms with E-state index < -0.39 is 5.82 Å². The monoisotopic (exact) mass is 327 g/mol. The van der Waals surface area contributed by atoms with Crippen LogP contribution in [0.5, 0.6) is 0 Å². The Labute approximate surface area is 133 Å². The molecule has 1 aromatic rings. The summed E-state index contributed by atoms with van der Waals surface area (Å²) in [4.78, 5) is 25.7. The molecule has 0 aliphatic carbocycles. The number of rotatable bonds is 4. The van der Waals surface area contributed by atoms with Crippen LogP contribution < -0.4 is 10.6 Å². The molecule has 1 fully saturated rings. The van der Waals surface area contributed by atoms with E-state index in [0.717, 1.165) is 19.3 Å². The van der Waals surface area contributed by atoms with Crippen molar-refractivity contribution >= 4 is 29.1 Å². The predicted octanol–water partition coefficient (Wildman–Crippen LogP) is 2.02. The molecule has 22 heavy (non-hydrogen) atoms. The molecule has 0 unspecified atom stereocenters. The van der Waals surface area contributed by atoms with E-state index in [9.17, 15) is 14.0 Å². The molecule has 1 aliphatic rings. The van der Waals surface area contributed by atoms with E-state index in [0.29, 0.717) is 12.2 Å². The highest BCUT2D eigenvalue weighted by Crippen LogP contribution is 2.19. The van der Waals surface area contributed by atoms with Gasteiger partial charge in [0.1, 0.15) is 5.82 Å². The Balaban J connectivity index is 1.92. The summed E-state index contributed by atoms with van der Waals surface area (Å²) < 4.78 is 13.1. The van der Waals surface area contributed by atoms with Crippen LogP contribution in [0.4, 0.5) is 10.1 Å². The van der Waals surface area contributed by atoms with Crippen molar-refractivity contribution in [1.29, 1.82) is 0 Å². The molecule has 0 aromatic heterocycles. The van der Waals surface area contributed by atoms with Gasteiger partial charge in [0.2, 0.25) is 11.8 Å². The first kappa shape index (κ1) is 16.7. The van der Waals surface area contributed by atoms with E-state index in [-0.39, 0.29) is 29.4 Å². The molecular weight excluding hydrogens is 309 g/mol. The molecule has 2 N–H and O–H groups in total. The highest BCUT2D eigenvalue weighted by Gasteiger charge is 2.25. The Morgan fingerprint density at radius 1 is 1.50 bits per heavy atom. The fourth-order valence-corrected chi connectivity index (χ4v) is 2.64. The van der Waals surface area contributed by atoms with Gasteiger partial charge in [-0.2, -0.15) is 0 Å². The van der Waals surface area contributed by atoms with Gasteiger partial charge in [0.05, 0.1) is 17.6 Å². The summed E-state index contributed by atoms with van der Waals surface area (Å²) in [6.07, 6.45) is 2.64. The number of carbonyl (C=O) groups is 2. The first-order chi connectivity index (χ1) is 10.5. The fourth-order valence-electron chi connectivity index (χ4n) is 2.45. The zero-order valence-electron chi connectivity index (χ0n) is 12.4. The van der Waals surface area contributed by atoms with Crippen LogP contribution in [0.15, 0.2) is 18.2 Å². The Morgan fingerprint density at radius 3 is 3.00 bits per heavy atom. The van der Waals surface area contributed by atoms with Crippen molar-refractivity contribution in [1.82, 2.24) is 10.2 Å². The molecule has 1 aromatic carbocycles. The SMILES string of the molecule is CN(CC(=O)Nc1ccc(F)c(Cl)c1)[C@@H]1CCCCNC1=O. The summed E-state index contributed by atoms with van der Waals surface area (Å²) in [5.41, 5.74) is 0.426. The zero-order valence-corrected chi connectivity index (χ0v) is 13.1. The second-order valence-corrected chi connectivity index (χ2v) is 5.80. The Kier molecular flexibility index (Phi) is 5.74. The highest BCUT2D eigenvalue weighted by molar-refractivity contribution is 6.31. The van der Waals surface area contributed by atoms with Crippen LogP contribution in [-0.2, 0) is 9.59 Å². The quantitative estimate of drug-likeness (QED) is 0.889. The van der Waals surface area contributed by atoms with Crippen LogP contribution in [0.3, 0.4) is 0 Å². The lowest BCUT2D eigenvalue weighted by atomic mass is 10.1. The number of halogens is 2. The maximum atomic E-state index is 13.1. The second kappa shape index (κ2) is 7.56. The number of likely N-dealkylation sites (N-methyl/N-ethyl adjacent to an activating group) is 1. The summed E-state index contributed by atoms with van der Waals surface area (Å²) in [6.45, 7) is 0.760. The van der Waals surface area contributed by atoms with Crippen LogP contribution in [0.25, 0.3) is 0 Å². The molecule has 2 amide bonds. The van der Waals surface area contributed by atoms with E-state index >= 15 is 0 Å². The number of nitrogens with zero attached hydrogens (tertiary/aromatic N) is 1. The smallest absolute Gasteiger partial charge is 0.238 e. The van der Waals surface area contributed by atoms with Gasteiger partial charge in [-0.05, 0) is 44.5 Å². The standard InChI is InChI=1S/C15H19ClFN3O2/c1-20(13-4-2-3-7-18-15(13)22)9-14(21)19-10-5-6-12(17)11(16)8-10/h5-6,8,13H,2-4,7,9H2,1H3,(H,18,22)(H,19,21)/t13-/m1/s1. The first-order valence-electron chi connectivity index (χ1n) is 7.20. The number of nitrogens with one attached hydrogen (secondary N) is 2. The highest BCUT2D eigenvalue weighted by atomic mass is 35.5. The third-order valence-electron chi connectivity index (χ3n) is 3.63. The zero-order chi connectivity index (χ0) is 16.1. The molecule has 5 nitrogen and oxygen atoms in total. The number of hydrogen-bond donors (Lipinski definition) is 2. The number of benzene rings is 1. The lowest BCUT2D eigenvalue weighted by molar-refractivity contribution is -0.126. The lowest BCUT2D eigenvalue weighted by Crippen LogP contribution is -2.46. The van der Waals surface area contributed by atoms with Gasteiger partial charge < -0.3 is 10.6 Å². The average Bonchev–Trinajstić information content (AvgIpc) is 2.67. The minimum Gasteiger partial charge on any atom is -0.355 e. The topological polar surface area (TPSA) is 61.4 Å².